The van der Waals surface area contributed by atoms with Gasteiger partial charge in [0, 0.05) is 30.4 Å². The highest BCUT2D eigenvalue weighted by molar-refractivity contribution is 5.84. The van der Waals surface area contributed by atoms with E-state index in [1.807, 2.05) is 12.4 Å². The highest BCUT2D eigenvalue weighted by atomic mass is 14.9. The molecule has 0 amide bonds. The highest BCUT2D eigenvalue weighted by Gasteiger charge is 2.20. The molecule has 1 fully saturated rings. The number of nitrogens with zero attached hydrogens (tertiary/aromatic N) is 1. The van der Waals surface area contributed by atoms with Crippen LogP contribution in [-0.4, -0.2) is 11.0 Å². The molecule has 2 unspecified atom stereocenters. The highest BCUT2D eigenvalue weighted by Crippen LogP contribution is 2.24. The van der Waals surface area contributed by atoms with Crippen molar-refractivity contribution in [1.82, 2.24) is 10.3 Å². The Hall–Kier alpha value is -1.41. The van der Waals surface area contributed by atoms with Gasteiger partial charge in [-0.05, 0) is 35.8 Å². The standard InChI is InChI=1S/C17H22N2/c1-13-5-2-3-8-17(13)19-12-15-7-4-6-14-11-18-10-9-16(14)15/h4,6-7,9-11,13,17,19H,2-3,5,8,12H2,1H3. The monoisotopic (exact) mass is 254 g/mol. The van der Waals surface area contributed by atoms with E-state index in [-0.39, 0.29) is 0 Å². The third-order valence-electron chi connectivity index (χ3n) is 4.44. The van der Waals surface area contributed by atoms with Crippen molar-refractivity contribution in [1.29, 1.82) is 0 Å². The third-order valence-corrected chi connectivity index (χ3v) is 4.44. The number of rotatable bonds is 3. The summed E-state index contributed by atoms with van der Waals surface area (Å²) in [6.07, 6.45) is 9.31. The van der Waals surface area contributed by atoms with Crippen LogP contribution in [0.5, 0.6) is 0 Å². The van der Waals surface area contributed by atoms with Gasteiger partial charge in [-0.15, -0.1) is 0 Å². The number of benzene rings is 1. The summed E-state index contributed by atoms with van der Waals surface area (Å²) in [4.78, 5) is 4.20. The van der Waals surface area contributed by atoms with Gasteiger partial charge < -0.3 is 5.32 Å². The van der Waals surface area contributed by atoms with Crippen molar-refractivity contribution in [2.45, 2.75) is 45.2 Å². The second kappa shape index (κ2) is 5.70. The van der Waals surface area contributed by atoms with Crippen molar-refractivity contribution in [2.24, 2.45) is 5.92 Å². The Bertz CT molecular complexity index is 544. The molecule has 100 valence electrons. The summed E-state index contributed by atoms with van der Waals surface area (Å²) in [6.45, 7) is 3.35. The Labute approximate surface area is 115 Å². The molecule has 1 aromatic carbocycles. The lowest BCUT2D eigenvalue weighted by Crippen LogP contribution is -2.36. The first-order valence-corrected chi connectivity index (χ1v) is 7.39. The zero-order chi connectivity index (χ0) is 13.1. The molecule has 0 aliphatic heterocycles. The lowest BCUT2D eigenvalue weighted by Gasteiger charge is -2.29. The van der Waals surface area contributed by atoms with Crippen LogP contribution in [0.25, 0.3) is 10.8 Å². The van der Waals surface area contributed by atoms with Crippen LogP contribution >= 0.6 is 0 Å². The average Bonchev–Trinajstić information content (AvgIpc) is 2.46. The molecule has 1 saturated carbocycles. The van der Waals surface area contributed by atoms with Gasteiger partial charge in [0.25, 0.3) is 0 Å². The molecule has 1 aliphatic carbocycles. The molecule has 2 atom stereocenters. The molecule has 2 aromatic rings. The quantitative estimate of drug-likeness (QED) is 0.898. The minimum atomic E-state index is 0.686. The summed E-state index contributed by atoms with van der Waals surface area (Å²) in [5, 5.41) is 6.32. The molecule has 1 heterocycles. The van der Waals surface area contributed by atoms with Crippen LogP contribution in [0.2, 0.25) is 0 Å². The topological polar surface area (TPSA) is 24.9 Å². The van der Waals surface area contributed by atoms with Crippen LogP contribution in [0.15, 0.2) is 36.7 Å². The smallest absolute Gasteiger partial charge is 0.0346 e. The van der Waals surface area contributed by atoms with Gasteiger partial charge in [0.1, 0.15) is 0 Å². The van der Waals surface area contributed by atoms with E-state index in [0.717, 1.165) is 12.5 Å². The van der Waals surface area contributed by atoms with Gasteiger partial charge >= 0.3 is 0 Å². The van der Waals surface area contributed by atoms with Crippen molar-refractivity contribution < 1.29 is 0 Å². The first kappa shape index (κ1) is 12.6. The van der Waals surface area contributed by atoms with Crippen molar-refractivity contribution in [3.63, 3.8) is 0 Å². The molecule has 0 radical (unpaired) electrons. The summed E-state index contributed by atoms with van der Waals surface area (Å²) >= 11 is 0. The Morgan fingerprint density at radius 3 is 3.00 bits per heavy atom. The van der Waals surface area contributed by atoms with E-state index in [1.54, 1.807) is 0 Å². The van der Waals surface area contributed by atoms with Crippen LogP contribution < -0.4 is 5.32 Å². The molecule has 1 aromatic heterocycles. The van der Waals surface area contributed by atoms with Crippen molar-refractivity contribution in [2.75, 3.05) is 0 Å². The molecule has 2 heteroatoms. The molecule has 1 aliphatic rings. The number of hydrogen-bond acceptors (Lipinski definition) is 2. The number of nitrogens with one attached hydrogen (secondary N) is 1. The van der Waals surface area contributed by atoms with Crippen molar-refractivity contribution >= 4 is 10.8 Å². The fraction of sp³-hybridized carbons (Fsp3) is 0.471. The molecule has 1 N–H and O–H groups in total. The Morgan fingerprint density at radius 1 is 1.21 bits per heavy atom. The van der Waals surface area contributed by atoms with E-state index in [9.17, 15) is 0 Å². The predicted octanol–water partition coefficient (Wildman–Crippen LogP) is 3.90. The van der Waals surface area contributed by atoms with E-state index in [4.69, 9.17) is 0 Å². The van der Waals surface area contributed by atoms with Crippen LogP contribution in [0.1, 0.15) is 38.2 Å². The zero-order valence-corrected chi connectivity index (χ0v) is 11.6. The van der Waals surface area contributed by atoms with Gasteiger partial charge in [-0.2, -0.15) is 0 Å². The zero-order valence-electron chi connectivity index (χ0n) is 11.6. The van der Waals surface area contributed by atoms with E-state index in [0.29, 0.717) is 6.04 Å². The summed E-state index contributed by atoms with van der Waals surface area (Å²) in [5.41, 5.74) is 1.39. The number of pyridine rings is 1. The van der Waals surface area contributed by atoms with Gasteiger partial charge in [0.05, 0.1) is 0 Å². The lowest BCUT2D eigenvalue weighted by molar-refractivity contribution is 0.279. The molecule has 0 saturated heterocycles. The number of fused-ring (bicyclic) bond motifs is 1. The van der Waals surface area contributed by atoms with Crippen LogP contribution in [-0.2, 0) is 6.54 Å². The van der Waals surface area contributed by atoms with Crippen LogP contribution in [0.4, 0.5) is 0 Å². The molecule has 3 rings (SSSR count). The minimum absolute atomic E-state index is 0.686. The second-order valence-corrected chi connectivity index (χ2v) is 5.76. The Morgan fingerprint density at radius 2 is 2.11 bits per heavy atom. The molecule has 19 heavy (non-hydrogen) atoms. The largest absolute Gasteiger partial charge is 0.310 e. The summed E-state index contributed by atoms with van der Waals surface area (Å²) in [5.74, 6) is 0.811. The van der Waals surface area contributed by atoms with Crippen molar-refractivity contribution in [3.8, 4) is 0 Å². The fourth-order valence-corrected chi connectivity index (χ4v) is 3.20. The van der Waals surface area contributed by atoms with Gasteiger partial charge in [0.2, 0.25) is 0 Å². The second-order valence-electron chi connectivity index (χ2n) is 5.76. The fourth-order valence-electron chi connectivity index (χ4n) is 3.20. The molecule has 0 spiro atoms. The van der Waals surface area contributed by atoms with Crippen LogP contribution in [0, 0.1) is 5.92 Å². The van der Waals surface area contributed by atoms with Crippen molar-refractivity contribution in [3.05, 3.63) is 42.2 Å². The summed E-state index contributed by atoms with van der Waals surface area (Å²) in [7, 11) is 0. The Balaban J connectivity index is 1.74. The maximum Gasteiger partial charge on any atom is 0.0346 e. The summed E-state index contributed by atoms with van der Waals surface area (Å²) < 4.78 is 0. The maximum atomic E-state index is 4.20. The van der Waals surface area contributed by atoms with Gasteiger partial charge in [-0.1, -0.05) is 38.0 Å². The van der Waals surface area contributed by atoms with E-state index in [1.165, 1.54) is 42.0 Å². The normalized spacial score (nSPS) is 23.6. The third kappa shape index (κ3) is 2.79. The average molecular weight is 254 g/mol. The minimum Gasteiger partial charge on any atom is -0.310 e. The van der Waals surface area contributed by atoms with E-state index < -0.39 is 0 Å². The SMILES string of the molecule is CC1CCCCC1NCc1cccc2cnccc12. The molecular formula is C17H22N2. The number of hydrogen-bond donors (Lipinski definition) is 1. The summed E-state index contributed by atoms with van der Waals surface area (Å²) in [6, 6.07) is 9.30. The molecular weight excluding hydrogens is 232 g/mol. The van der Waals surface area contributed by atoms with Gasteiger partial charge in [-0.3, -0.25) is 4.98 Å². The van der Waals surface area contributed by atoms with E-state index in [2.05, 4.69) is 41.5 Å². The molecule has 2 nitrogen and oxygen atoms in total. The van der Waals surface area contributed by atoms with Gasteiger partial charge in [-0.25, -0.2) is 0 Å². The predicted molar refractivity (Wildman–Crippen MR) is 80.0 cm³/mol. The first-order valence-electron chi connectivity index (χ1n) is 7.39. The lowest BCUT2D eigenvalue weighted by atomic mass is 9.86. The molecule has 0 bridgehead atoms. The Kier molecular flexibility index (Phi) is 3.79. The number of aromatic nitrogens is 1. The first-order chi connectivity index (χ1) is 9.34. The van der Waals surface area contributed by atoms with E-state index >= 15 is 0 Å². The van der Waals surface area contributed by atoms with Crippen LogP contribution in [0.3, 0.4) is 0 Å². The maximum absolute atomic E-state index is 4.20. The van der Waals surface area contributed by atoms with Gasteiger partial charge in [0.15, 0.2) is 0 Å².